The van der Waals surface area contributed by atoms with Gasteiger partial charge in [0.25, 0.3) is 0 Å². The SMILES string of the molecule is Cc1c(Nc2c(C#N)cncc2-c2cc(CN3CCN(C)CC3)c(C#N)cn2)ccc2[nH]ccc12. The second-order valence-corrected chi connectivity index (χ2v) is 8.94. The van der Waals surface area contributed by atoms with Crippen molar-refractivity contribution in [2.24, 2.45) is 0 Å². The van der Waals surface area contributed by atoms with Gasteiger partial charge in [-0.1, -0.05) is 0 Å². The average Bonchev–Trinajstić information content (AvgIpc) is 3.37. The standard InChI is InChI=1S/C27H26N8/c1-18-22-5-6-31-25(22)4-3-24(18)33-27-21(13-29)14-30-16-23(27)26-11-19(20(12-28)15-32-26)17-35-9-7-34(2)8-10-35/h3-6,11,14-16,31H,7-10,17H2,1-2H3,(H,30,33). The first kappa shape index (κ1) is 22.5. The Hall–Kier alpha value is -4.24. The van der Waals surface area contributed by atoms with Gasteiger partial charge in [0, 0.05) is 79.7 Å². The lowest BCUT2D eigenvalue weighted by molar-refractivity contribution is 0.148. The summed E-state index contributed by atoms with van der Waals surface area (Å²) in [6.07, 6.45) is 6.83. The number of piperazine rings is 1. The summed E-state index contributed by atoms with van der Waals surface area (Å²) < 4.78 is 0. The number of H-pyrrole nitrogens is 1. The van der Waals surface area contributed by atoms with E-state index in [9.17, 15) is 10.5 Å². The number of hydrogen-bond acceptors (Lipinski definition) is 7. The van der Waals surface area contributed by atoms with Crippen molar-refractivity contribution in [1.29, 1.82) is 10.5 Å². The van der Waals surface area contributed by atoms with Crippen LogP contribution in [0.4, 0.5) is 11.4 Å². The maximum atomic E-state index is 9.84. The molecular formula is C27H26N8. The van der Waals surface area contributed by atoms with Crippen LogP contribution in [0.15, 0.2) is 49.1 Å². The number of benzene rings is 1. The Morgan fingerprint density at radius 2 is 1.83 bits per heavy atom. The van der Waals surface area contributed by atoms with E-state index in [1.54, 1.807) is 18.6 Å². The van der Waals surface area contributed by atoms with E-state index in [0.29, 0.717) is 29.1 Å². The number of aryl methyl sites for hydroxylation is 1. The highest BCUT2D eigenvalue weighted by Gasteiger charge is 2.19. The molecule has 4 heterocycles. The number of likely N-dealkylation sites (N-methyl/N-ethyl adjacent to an activating group) is 1. The van der Waals surface area contributed by atoms with Gasteiger partial charge in [0.05, 0.1) is 22.5 Å². The molecule has 174 valence electrons. The Morgan fingerprint density at radius 3 is 2.60 bits per heavy atom. The van der Waals surface area contributed by atoms with Gasteiger partial charge in [0.1, 0.15) is 12.1 Å². The zero-order chi connectivity index (χ0) is 24.4. The number of rotatable bonds is 5. The summed E-state index contributed by atoms with van der Waals surface area (Å²) in [7, 11) is 2.13. The molecule has 1 saturated heterocycles. The number of pyridine rings is 2. The largest absolute Gasteiger partial charge is 0.361 e. The van der Waals surface area contributed by atoms with Crippen molar-refractivity contribution in [2.45, 2.75) is 13.5 Å². The van der Waals surface area contributed by atoms with E-state index < -0.39 is 0 Å². The molecule has 0 amide bonds. The number of nitriles is 2. The summed E-state index contributed by atoms with van der Waals surface area (Å²) in [6.45, 7) is 6.67. The third-order valence-corrected chi connectivity index (χ3v) is 6.71. The van der Waals surface area contributed by atoms with Crippen molar-refractivity contribution in [3.63, 3.8) is 0 Å². The van der Waals surface area contributed by atoms with E-state index in [4.69, 9.17) is 0 Å². The number of aromatic nitrogens is 3. The monoisotopic (exact) mass is 462 g/mol. The predicted octanol–water partition coefficient (Wildman–Crippen LogP) is 4.17. The average molecular weight is 463 g/mol. The number of anilines is 2. The second-order valence-electron chi connectivity index (χ2n) is 8.94. The molecule has 8 heteroatoms. The Balaban J connectivity index is 1.54. The van der Waals surface area contributed by atoms with Gasteiger partial charge >= 0.3 is 0 Å². The molecule has 0 bridgehead atoms. The molecule has 35 heavy (non-hydrogen) atoms. The lowest BCUT2D eigenvalue weighted by Crippen LogP contribution is -2.44. The van der Waals surface area contributed by atoms with Gasteiger partial charge in [-0.2, -0.15) is 10.5 Å². The lowest BCUT2D eigenvalue weighted by Gasteiger charge is -2.32. The molecule has 0 unspecified atom stereocenters. The van der Waals surface area contributed by atoms with Crippen LogP contribution in [0.2, 0.25) is 0 Å². The molecule has 1 aromatic carbocycles. The summed E-state index contributed by atoms with van der Waals surface area (Å²) in [5.74, 6) is 0. The maximum absolute atomic E-state index is 9.84. The molecular weight excluding hydrogens is 436 g/mol. The molecule has 1 aliphatic rings. The minimum atomic E-state index is 0.433. The number of nitrogens with zero attached hydrogens (tertiary/aromatic N) is 6. The Morgan fingerprint density at radius 1 is 1.03 bits per heavy atom. The first-order chi connectivity index (χ1) is 17.1. The molecule has 1 aliphatic heterocycles. The summed E-state index contributed by atoms with van der Waals surface area (Å²) >= 11 is 0. The minimum Gasteiger partial charge on any atom is -0.361 e. The number of nitrogens with one attached hydrogen (secondary N) is 2. The molecule has 0 atom stereocenters. The van der Waals surface area contributed by atoms with E-state index in [2.05, 4.69) is 56.2 Å². The molecule has 0 saturated carbocycles. The molecule has 2 N–H and O–H groups in total. The Bertz CT molecular complexity index is 1470. The first-order valence-electron chi connectivity index (χ1n) is 11.6. The van der Waals surface area contributed by atoms with Crippen LogP contribution in [0.1, 0.15) is 22.3 Å². The van der Waals surface area contributed by atoms with Crippen LogP contribution < -0.4 is 5.32 Å². The Kier molecular flexibility index (Phi) is 6.15. The lowest BCUT2D eigenvalue weighted by atomic mass is 10.0. The van der Waals surface area contributed by atoms with Gasteiger partial charge in [-0.05, 0) is 49.4 Å². The summed E-state index contributed by atoms with van der Waals surface area (Å²) in [6, 6.07) is 12.6. The van der Waals surface area contributed by atoms with Crippen molar-refractivity contribution < 1.29 is 0 Å². The molecule has 0 spiro atoms. The molecule has 3 aromatic heterocycles. The quantitative estimate of drug-likeness (QED) is 0.458. The van der Waals surface area contributed by atoms with E-state index in [0.717, 1.165) is 59.5 Å². The van der Waals surface area contributed by atoms with Crippen LogP contribution in [-0.4, -0.2) is 58.0 Å². The van der Waals surface area contributed by atoms with Gasteiger partial charge in [0.2, 0.25) is 0 Å². The molecule has 0 aliphatic carbocycles. The van der Waals surface area contributed by atoms with Gasteiger partial charge < -0.3 is 15.2 Å². The van der Waals surface area contributed by atoms with Crippen LogP contribution in [0.25, 0.3) is 22.2 Å². The summed E-state index contributed by atoms with van der Waals surface area (Å²) in [5, 5.41) is 24.1. The van der Waals surface area contributed by atoms with Gasteiger partial charge in [-0.25, -0.2) is 0 Å². The molecule has 8 nitrogen and oxygen atoms in total. The van der Waals surface area contributed by atoms with Crippen molar-refractivity contribution in [1.82, 2.24) is 24.8 Å². The fraction of sp³-hybridized carbons (Fsp3) is 0.259. The van der Waals surface area contributed by atoms with Crippen LogP contribution in [0, 0.1) is 29.6 Å². The van der Waals surface area contributed by atoms with Gasteiger partial charge in [-0.15, -0.1) is 0 Å². The zero-order valence-electron chi connectivity index (χ0n) is 19.8. The number of fused-ring (bicyclic) bond motifs is 1. The predicted molar refractivity (Wildman–Crippen MR) is 136 cm³/mol. The second kappa shape index (κ2) is 9.55. The first-order valence-corrected chi connectivity index (χ1v) is 11.6. The van der Waals surface area contributed by atoms with E-state index in [1.165, 1.54) is 0 Å². The highest BCUT2D eigenvalue weighted by molar-refractivity contribution is 5.91. The Labute approximate surface area is 204 Å². The molecule has 1 fully saturated rings. The third kappa shape index (κ3) is 4.45. The van der Waals surface area contributed by atoms with E-state index in [-0.39, 0.29) is 0 Å². The minimum absolute atomic E-state index is 0.433. The zero-order valence-corrected chi connectivity index (χ0v) is 19.8. The number of hydrogen-bond donors (Lipinski definition) is 2. The third-order valence-electron chi connectivity index (χ3n) is 6.71. The fourth-order valence-corrected chi connectivity index (χ4v) is 4.55. The van der Waals surface area contributed by atoms with Crippen molar-refractivity contribution in [3.05, 3.63) is 71.3 Å². The summed E-state index contributed by atoms with van der Waals surface area (Å²) in [5.41, 5.74) is 7.05. The summed E-state index contributed by atoms with van der Waals surface area (Å²) in [4.78, 5) is 16.8. The van der Waals surface area contributed by atoms with Crippen molar-refractivity contribution in [2.75, 3.05) is 38.5 Å². The molecule has 0 radical (unpaired) electrons. The highest BCUT2D eigenvalue weighted by atomic mass is 15.2. The topological polar surface area (TPSA) is 108 Å². The van der Waals surface area contributed by atoms with Crippen LogP contribution in [-0.2, 0) is 6.54 Å². The maximum Gasteiger partial charge on any atom is 0.103 e. The van der Waals surface area contributed by atoms with Gasteiger partial charge in [-0.3, -0.25) is 14.9 Å². The van der Waals surface area contributed by atoms with E-state index in [1.807, 2.05) is 30.5 Å². The highest BCUT2D eigenvalue weighted by Crippen LogP contribution is 2.35. The molecule has 4 aromatic rings. The number of aromatic amines is 1. The molecule has 5 rings (SSSR count). The normalized spacial score (nSPS) is 14.5. The van der Waals surface area contributed by atoms with Crippen LogP contribution in [0.5, 0.6) is 0 Å². The fourth-order valence-electron chi connectivity index (χ4n) is 4.55. The van der Waals surface area contributed by atoms with Crippen LogP contribution in [0.3, 0.4) is 0 Å². The van der Waals surface area contributed by atoms with Crippen LogP contribution >= 0.6 is 0 Å². The van der Waals surface area contributed by atoms with Crippen molar-refractivity contribution >= 4 is 22.3 Å². The smallest absolute Gasteiger partial charge is 0.103 e. The van der Waals surface area contributed by atoms with Gasteiger partial charge in [0.15, 0.2) is 0 Å². The van der Waals surface area contributed by atoms with Crippen molar-refractivity contribution in [3.8, 4) is 23.4 Å². The van der Waals surface area contributed by atoms with E-state index >= 15 is 0 Å².